The summed E-state index contributed by atoms with van der Waals surface area (Å²) >= 11 is 1.52. The Balaban J connectivity index is 1.77. The van der Waals surface area contributed by atoms with Crippen molar-refractivity contribution in [3.8, 4) is 0 Å². The van der Waals surface area contributed by atoms with Gasteiger partial charge < -0.3 is 5.32 Å². The number of aryl methyl sites for hydroxylation is 4. The Hall–Kier alpha value is -2.93. The zero-order valence-electron chi connectivity index (χ0n) is 18.4. The van der Waals surface area contributed by atoms with E-state index in [0.29, 0.717) is 23.2 Å². The average molecular weight is 459 g/mol. The maximum Gasteiger partial charge on any atom is 0.399 e. The van der Waals surface area contributed by atoms with Gasteiger partial charge in [0.2, 0.25) is 0 Å². The van der Waals surface area contributed by atoms with Crippen molar-refractivity contribution in [3.05, 3.63) is 91.9 Å². The molecule has 7 heteroatoms. The molecule has 0 saturated carbocycles. The summed E-state index contributed by atoms with van der Waals surface area (Å²) < 4.78 is 41.2. The molecule has 2 aromatic carbocycles. The average Bonchev–Trinajstić information content (AvgIpc) is 3.10. The van der Waals surface area contributed by atoms with E-state index in [1.54, 1.807) is 57.3 Å². The van der Waals surface area contributed by atoms with Crippen LogP contribution in [0.3, 0.4) is 0 Å². The van der Waals surface area contributed by atoms with Crippen LogP contribution in [0.5, 0.6) is 0 Å². The van der Waals surface area contributed by atoms with E-state index in [-0.39, 0.29) is 11.5 Å². The predicted octanol–water partition coefficient (Wildman–Crippen LogP) is 6.67. The van der Waals surface area contributed by atoms with Gasteiger partial charge in [0.25, 0.3) is 5.91 Å². The number of benzene rings is 2. The lowest BCUT2D eigenvalue weighted by Crippen LogP contribution is -2.23. The van der Waals surface area contributed by atoms with Crippen molar-refractivity contribution in [2.24, 2.45) is 0 Å². The first-order chi connectivity index (χ1) is 15.0. The summed E-state index contributed by atoms with van der Waals surface area (Å²) in [6.07, 6.45) is -0.0338. The van der Waals surface area contributed by atoms with Crippen LogP contribution in [0.25, 0.3) is 6.08 Å². The maximum atomic E-state index is 13.7. The number of allylic oxidation sites excluding steroid dienone is 1. The zero-order valence-corrected chi connectivity index (χ0v) is 19.2. The Bertz CT molecular complexity index is 1130. The first-order valence-corrected chi connectivity index (χ1v) is 11.0. The first kappa shape index (κ1) is 23.7. The van der Waals surface area contributed by atoms with Crippen LogP contribution >= 0.6 is 11.3 Å². The standard InChI is InChI=1S/C25H25F3N2OS/c1-15-9-16(2)11-20(10-15)23(25(26,27)28)8-6-19-5-7-22(17(3)12-19)24(31)30-14-21-13-29-18(4)32-21/h5-13,23H,14H2,1-4H3,(H,30,31)/b8-6+. The third-order valence-corrected chi connectivity index (χ3v) is 5.94. The van der Waals surface area contributed by atoms with E-state index in [1.807, 2.05) is 13.0 Å². The minimum absolute atomic E-state index is 0.220. The molecular weight excluding hydrogens is 433 g/mol. The normalized spacial score (nSPS) is 12.8. The highest BCUT2D eigenvalue weighted by Crippen LogP contribution is 2.37. The van der Waals surface area contributed by atoms with Crippen LogP contribution in [0.1, 0.15) is 54.0 Å². The van der Waals surface area contributed by atoms with E-state index in [2.05, 4.69) is 10.3 Å². The highest BCUT2D eigenvalue weighted by atomic mass is 32.1. The van der Waals surface area contributed by atoms with Gasteiger partial charge in [0.15, 0.2) is 0 Å². The molecule has 0 fully saturated rings. The fraction of sp³-hybridized carbons (Fsp3) is 0.280. The SMILES string of the molecule is Cc1cc(C)cc(C(/C=C/c2ccc(C(=O)NCc3cnc(C)s3)c(C)c2)C(F)(F)F)c1. The molecule has 3 nitrogen and oxygen atoms in total. The molecule has 1 unspecified atom stereocenters. The second kappa shape index (κ2) is 9.69. The minimum Gasteiger partial charge on any atom is -0.347 e. The van der Waals surface area contributed by atoms with Gasteiger partial charge in [0, 0.05) is 16.6 Å². The van der Waals surface area contributed by atoms with Crippen LogP contribution < -0.4 is 5.32 Å². The molecule has 3 rings (SSSR count). The third kappa shape index (κ3) is 6.07. The number of amides is 1. The predicted molar refractivity (Wildman–Crippen MR) is 123 cm³/mol. The molecule has 1 amide bonds. The number of aromatic nitrogens is 1. The number of nitrogens with one attached hydrogen (secondary N) is 1. The number of rotatable bonds is 6. The highest BCUT2D eigenvalue weighted by Gasteiger charge is 2.39. The van der Waals surface area contributed by atoms with Gasteiger partial charge in [0.05, 0.1) is 17.5 Å². The molecule has 0 spiro atoms. The number of halogens is 3. The smallest absolute Gasteiger partial charge is 0.347 e. The Kier molecular flexibility index (Phi) is 7.19. The van der Waals surface area contributed by atoms with Gasteiger partial charge >= 0.3 is 6.18 Å². The van der Waals surface area contributed by atoms with Crippen molar-refractivity contribution >= 4 is 23.3 Å². The Morgan fingerprint density at radius 2 is 1.78 bits per heavy atom. The van der Waals surface area contributed by atoms with E-state index < -0.39 is 12.1 Å². The van der Waals surface area contributed by atoms with E-state index in [4.69, 9.17) is 0 Å². The first-order valence-electron chi connectivity index (χ1n) is 10.2. The van der Waals surface area contributed by atoms with Gasteiger partial charge in [-0.1, -0.05) is 53.6 Å². The molecule has 0 aliphatic carbocycles. The molecule has 0 saturated heterocycles. The van der Waals surface area contributed by atoms with Crippen LogP contribution in [-0.4, -0.2) is 17.1 Å². The number of thiazole rings is 1. The molecule has 0 radical (unpaired) electrons. The van der Waals surface area contributed by atoms with Crippen LogP contribution in [0.15, 0.2) is 48.7 Å². The molecule has 0 aliphatic rings. The van der Waals surface area contributed by atoms with Crippen molar-refractivity contribution in [1.82, 2.24) is 10.3 Å². The maximum absolute atomic E-state index is 13.7. The summed E-state index contributed by atoms with van der Waals surface area (Å²) in [6, 6.07) is 10.0. The summed E-state index contributed by atoms with van der Waals surface area (Å²) in [4.78, 5) is 17.6. The number of carbonyl (C=O) groups excluding carboxylic acids is 1. The van der Waals surface area contributed by atoms with Gasteiger partial charge in [-0.25, -0.2) is 4.98 Å². The van der Waals surface area contributed by atoms with Crippen molar-refractivity contribution < 1.29 is 18.0 Å². The number of alkyl halides is 3. The third-order valence-electron chi connectivity index (χ3n) is 5.02. The molecule has 3 aromatic rings. The fourth-order valence-electron chi connectivity index (χ4n) is 3.60. The lowest BCUT2D eigenvalue weighted by atomic mass is 9.93. The topological polar surface area (TPSA) is 42.0 Å². The van der Waals surface area contributed by atoms with E-state index in [1.165, 1.54) is 23.5 Å². The molecular formula is C25H25F3N2OS. The summed E-state index contributed by atoms with van der Waals surface area (Å²) in [5, 5.41) is 3.79. The monoisotopic (exact) mass is 458 g/mol. The van der Waals surface area contributed by atoms with Gasteiger partial charge in [-0.15, -0.1) is 11.3 Å². The van der Waals surface area contributed by atoms with Crippen molar-refractivity contribution in [1.29, 1.82) is 0 Å². The van der Waals surface area contributed by atoms with Gasteiger partial charge in [-0.2, -0.15) is 13.2 Å². The summed E-state index contributed by atoms with van der Waals surface area (Å²) in [7, 11) is 0. The number of hydrogen-bond donors (Lipinski definition) is 1. The number of nitrogens with zero attached hydrogens (tertiary/aromatic N) is 1. The summed E-state index contributed by atoms with van der Waals surface area (Å²) in [5.74, 6) is -1.93. The van der Waals surface area contributed by atoms with Crippen molar-refractivity contribution in [2.45, 2.75) is 46.3 Å². The van der Waals surface area contributed by atoms with Gasteiger partial charge in [0.1, 0.15) is 0 Å². The fourth-order valence-corrected chi connectivity index (χ4v) is 4.34. The molecule has 1 N–H and O–H groups in total. The van der Waals surface area contributed by atoms with E-state index >= 15 is 0 Å². The van der Waals surface area contributed by atoms with Crippen LogP contribution in [0, 0.1) is 27.7 Å². The molecule has 0 aliphatic heterocycles. The number of hydrogen-bond acceptors (Lipinski definition) is 3. The number of carbonyl (C=O) groups is 1. The second-order valence-electron chi connectivity index (χ2n) is 7.90. The quantitative estimate of drug-likeness (QED) is 0.448. The zero-order chi connectivity index (χ0) is 23.5. The molecule has 0 bridgehead atoms. The minimum atomic E-state index is -4.40. The van der Waals surface area contributed by atoms with Gasteiger partial charge in [-0.3, -0.25) is 4.79 Å². The Labute approximate surface area is 190 Å². The van der Waals surface area contributed by atoms with Crippen LogP contribution in [0.2, 0.25) is 0 Å². The lowest BCUT2D eigenvalue weighted by Gasteiger charge is -2.18. The van der Waals surface area contributed by atoms with E-state index in [9.17, 15) is 18.0 Å². The molecule has 1 aromatic heterocycles. The van der Waals surface area contributed by atoms with Crippen molar-refractivity contribution in [3.63, 3.8) is 0 Å². The molecule has 1 heterocycles. The van der Waals surface area contributed by atoms with Gasteiger partial charge in [-0.05, 0) is 50.5 Å². The second-order valence-corrected chi connectivity index (χ2v) is 9.22. The summed E-state index contributed by atoms with van der Waals surface area (Å²) in [5.41, 5.74) is 3.60. The van der Waals surface area contributed by atoms with Crippen LogP contribution in [-0.2, 0) is 6.54 Å². The molecule has 32 heavy (non-hydrogen) atoms. The van der Waals surface area contributed by atoms with Crippen molar-refractivity contribution in [2.75, 3.05) is 0 Å². The van der Waals surface area contributed by atoms with Crippen LogP contribution in [0.4, 0.5) is 13.2 Å². The van der Waals surface area contributed by atoms with E-state index in [0.717, 1.165) is 21.0 Å². The Morgan fingerprint density at radius 3 is 2.34 bits per heavy atom. The molecule has 168 valence electrons. The Morgan fingerprint density at radius 1 is 1.09 bits per heavy atom. The molecule has 1 atom stereocenters. The summed E-state index contributed by atoms with van der Waals surface area (Å²) in [6.45, 7) is 7.63. The highest BCUT2D eigenvalue weighted by molar-refractivity contribution is 7.11. The lowest BCUT2D eigenvalue weighted by molar-refractivity contribution is -0.139. The largest absolute Gasteiger partial charge is 0.399 e.